The maximum Gasteiger partial charge on any atom is 0.414 e. The molecule has 0 aliphatic carbocycles. The molecule has 0 fully saturated rings. The van der Waals surface area contributed by atoms with E-state index in [0.29, 0.717) is 89.1 Å². The van der Waals surface area contributed by atoms with Crippen molar-refractivity contribution in [2.75, 3.05) is 72.0 Å². The largest absolute Gasteiger partial charge is 0.497 e. The van der Waals surface area contributed by atoms with Crippen LogP contribution >= 0.6 is 79.4 Å². The molecule has 0 unspecified atom stereocenters. The van der Waals surface area contributed by atoms with Crippen molar-refractivity contribution in [3.05, 3.63) is 260 Å². The molecule has 726 valence electrons. The molecule has 0 saturated heterocycles. The minimum absolute atomic E-state index is 0.0280. The molecule has 13 aromatic rings. The van der Waals surface area contributed by atoms with Crippen molar-refractivity contribution >= 4 is 238 Å². The number of thiazole rings is 2. The van der Waals surface area contributed by atoms with Gasteiger partial charge in [0.15, 0.2) is 10.8 Å². The summed E-state index contributed by atoms with van der Waals surface area (Å²) < 4.78 is 30.5. The molecule has 9 aromatic heterocycles. The van der Waals surface area contributed by atoms with E-state index in [2.05, 4.69) is 97.4 Å². The van der Waals surface area contributed by atoms with Gasteiger partial charge in [-0.1, -0.05) is 30.7 Å². The number of ether oxygens (including phenoxy) is 6. The van der Waals surface area contributed by atoms with E-state index < -0.39 is 77.7 Å². The summed E-state index contributed by atoms with van der Waals surface area (Å²) in [4.78, 5) is 234. The van der Waals surface area contributed by atoms with Gasteiger partial charge in [-0.25, -0.2) is 38.9 Å². The molecule has 14 rings (SSSR count). The summed E-state index contributed by atoms with van der Waals surface area (Å²) in [6.45, 7) is 14.6. The molecular formula is C94H89N15O24S7. The van der Waals surface area contributed by atoms with Crippen molar-refractivity contribution in [1.82, 2.24) is 46.5 Å². The zero-order chi connectivity index (χ0) is 101. The number of aryl methyl sites for hydroxylation is 3. The van der Waals surface area contributed by atoms with Crippen molar-refractivity contribution in [1.29, 1.82) is 0 Å². The van der Waals surface area contributed by atoms with E-state index >= 15 is 0 Å². The third-order valence-corrected chi connectivity index (χ3v) is 25.0. The first-order valence-corrected chi connectivity index (χ1v) is 48.4. The number of nitrogens with zero attached hydrogens (tertiary/aromatic N) is 4. The number of benzene rings is 4. The zero-order valence-corrected chi connectivity index (χ0v) is 81.7. The van der Waals surface area contributed by atoms with Gasteiger partial charge in [0.2, 0.25) is 5.91 Å². The van der Waals surface area contributed by atoms with Crippen molar-refractivity contribution < 1.29 is 115 Å². The lowest BCUT2D eigenvalue weighted by Gasteiger charge is -2.17. The van der Waals surface area contributed by atoms with Crippen molar-refractivity contribution in [2.45, 2.75) is 93.9 Å². The lowest BCUT2D eigenvalue weighted by atomic mass is 10.0. The van der Waals surface area contributed by atoms with E-state index in [1.165, 1.54) is 88.9 Å². The monoisotopic (exact) mass is 2040 g/mol. The number of pyridine rings is 2. The summed E-state index contributed by atoms with van der Waals surface area (Å²) in [6.07, 6.45) is 1.11. The topological polar surface area (TPSA) is 547 Å². The molecule has 140 heavy (non-hydrogen) atoms. The highest BCUT2D eigenvalue weighted by molar-refractivity contribution is 7.20. The van der Waals surface area contributed by atoms with E-state index in [4.69, 9.17) is 9.47 Å². The Bertz CT molecular complexity index is 6810. The van der Waals surface area contributed by atoms with Crippen LogP contribution in [0.2, 0.25) is 0 Å². The minimum atomic E-state index is -0.871. The number of hydrogen-bond acceptors (Lipinski definition) is 35. The van der Waals surface area contributed by atoms with Crippen LogP contribution < -0.4 is 63.2 Å². The number of ketones is 2. The fourth-order valence-electron chi connectivity index (χ4n) is 12.2. The number of rotatable bonds is 28. The third kappa shape index (κ3) is 31.1. The highest BCUT2D eigenvalue weighted by Gasteiger charge is 2.28. The van der Waals surface area contributed by atoms with Crippen LogP contribution in [0.3, 0.4) is 0 Å². The van der Waals surface area contributed by atoms with Crippen LogP contribution in [0.1, 0.15) is 201 Å². The number of carbonyl (C=O) groups is 18. The Morgan fingerprint density at radius 3 is 1.27 bits per heavy atom. The van der Waals surface area contributed by atoms with E-state index in [1.807, 2.05) is 51.1 Å². The molecular weight excluding hydrogens is 1950 g/mol. The molecule has 1 aliphatic rings. The van der Waals surface area contributed by atoms with Gasteiger partial charge in [-0.3, -0.25) is 93.9 Å². The van der Waals surface area contributed by atoms with Gasteiger partial charge < -0.3 is 60.3 Å². The van der Waals surface area contributed by atoms with Crippen LogP contribution in [-0.2, 0) is 52.5 Å². The SMILES string of the molecule is CCCC(=O)Cc1cc(C(=O)Nc2sccc2C(=O)NC(=O)OCC)ccn1.CCOC(=O)NC(=O)c1ccsc1CC(=O)c1nc2cc(OC)ccc2s1.CCOC(=O)NC(=O)c1ccsc1NC(=O)c1ccc2c(c1)NC(=O)CC2.CCOC(=O)NC(=O)c1ccsc1NC(=O)c1ccc2sc(C)nc2c1.CCOC(=O)NC(=O)c1ccsc1NC(=O)c1ccnc(NC(=O)c2ccc(C)cc2)c1. The van der Waals surface area contributed by atoms with Gasteiger partial charge in [-0.2, -0.15) is 0 Å². The van der Waals surface area contributed by atoms with Gasteiger partial charge in [0.25, 0.3) is 59.1 Å². The summed E-state index contributed by atoms with van der Waals surface area (Å²) in [5.41, 5.74) is 7.28. The number of imide groups is 5. The molecule has 0 bridgehead atoms. The number of aromatic nitrogens is 4. The van der Waals surface area contributed by atoms with E-state index in [-0.39, 0.29) is 119 Å². The van der Waals surface area contributed by atoms with E-state index in [9.17, 15) is 86.3 Å². The summed E-state index contributed by atoms with van der Waals surface area (Å²) >= 11 is 8.74. The van der Waals surface area contributed by atoms with Crippen LogP contribution in [0.5, 0.6) is 5.75 Å². The lowest BCUT2D eigenvalue weighted by Crippen LogP contribution is -2.31. The first-order chi connectivity index (χ1) is 67.3. The summed E-state index contributed by atoms with van der Waals surface area (Å²) in [5, 5.41) is 37.3. The van der Waals surface area contributed by atoms with E-state index in [0.717, 1.165) is 71.5 Å². The molecule has 10 heterocycles. The predicted molar refractivity (Wildman–Crippen MR) is 529 cm³/mol. The fraction of sp³-hybridized carbons (Fsp3) is 0.213. The van der Waals surface area contributed by atoms with Crippen molar-refractivity contribution in [3.8, 4) is 5.75 Å². The molecule has 11 N–H and O–H groups in total. The molecule has 4 aromatic carbocycles. The lowest BCUT2D eigenvalue weighted by molar-refractivity contribution is -0.118. The minimum Gasteiger partial charge on any atom is -0.497 e. The first-order valence-electron chi connectivity index (χ1n) is 42.4. The van der Waals surface area contributed by atoms with Crippen molar-refractivity contribution in [3.63, 3.8) is 0 Å². The number of alkyl carbamates (subject to hydrolysis) is 5. The predicted octanol–water partition coefficient (Wildman–Crippen LogP) is 17.3. The van der Waals surface area contributed by atoms with Crippen LogP contribution in [0.15, 0.2) is 173 Å². The normalized spacial score (nSPS) is 10.8. The highest BCUT2D eigenvalue weighted by Crippen LogP contribution is 2.33. The van der Waals surface area contributed by atoms with Crippen LogP contribution in [0, 0.1) is 13.8 Å². The Morgan fingerprint density at radius 1 is 0.386 bits per heavy atom. The van der Waals surface area contributed by atoms with Crippen molar-refractivity contribution in [2.24, 2.45) is 0 Å². The number of Topliss-reactive ketones (excluding diaryl/α,β-unsaturated/α-hetero) is 2. The van der Waals surface area contributed by atoms with Gasteiger partial charge in [0.05, 0.1) is 93.4 Å². The number of carbonyl (C=O) groups excluding carboxylic acids is 18. The highest BCUT2D eigenvalue weighted by atomic mass is 32.1. The van der Waals surface area contributed by atoms with Gasteiger partial charge in [-0.05, 0) is 203 Å². The van der Waals surface area contributed by atoms with E-state index in [1.54, 1.807) is 141 Å². The summed E-state index contributed by atoms with van der Waals surface area (Å²) in [6, 6.07) is 36.4. The molecule has 16 amide bonds. The molecule has 39 nitrogen and oxygen atoms in total. The molecule has 0 radical (unpaired) electrons. The second kappa shape index (κ2) is 52.4. The first kappa shape index (κ1) is 106. The maximum absolute atomic E-state index is 12.7. The Morgan fingerprint density at radius 2 is 0.793 bits per heavy atom. The maximum atomic E-state index is 12.7. The smallest absolute Gasteiger partial charge is 0.414 e. The number of amides is 16. The number of hydrogen-bond donors (Lipinski definition) is 11. The molecule has 0 spiro atoms. The van der Waals surface area contributed by atoms with Crippen LogP contribution in [0.4, 0.5) is 55.5 Å². The summed E-state index contributed by atoms with van der Waals surface area (Å²) in [7, 11) is 1.57. The average molecular weight is 2040 g/mol. The Balaban J connectivity index is 0.000000181. The average Bonchev–Trinajstić information content (AvgIpc) is 1.45. The van der Waals surface area contributed by atoms with Gasteiger partial charge >= 0.3 is 30.5 Å². The third-order valence-electron chi connectivity index (χ3n) is 18.7. The van der Waals surface area contributed by atoms with Gasteiger partial charge in [0, 0.05) is 88.2 Å². The second-order valence-electron chi connectivity index (χ2n) is 28.6. The number of nitrogens with one attached hydrogen (secondary N) is 11. The van der Waals surface area contributed by atoms with Crippen LogP contribution in [-0.4, -0.2) is 167 Å². The summed E-state index contributed by atoms with van der Waals surface area (Å²) in [5.74, 6) is -4.69. The second-order valence-corrected chi connectivity index (χ2v) is 35.6. The molecule has 0 saturated carbocycles. The molecule has 0 atom stereocenters. The zero-order valence-electron chi connectivity index (χ0n) is 76.0. The quantitative estimate of drug-likeness (QED) is 0.0160. The standard InChI is InChI=1S/C22H20N4O5S.C19H21N3O5S.C18H17N3O5S.C18H16N2O5S2.C17H15N3O4S2/c1-3-31-22(30)26-20(29)16-9-11-32-21(16)25-19(28)15-8-10-23-17(12-15)24-18(27)14-6-4-13(2)5-7-14;1-3-5-14(23)11-13-10-12(6-8-20-13)16(24)21-18-15(7-9-28-18)17(25)22-19(26)27-4-2;1-2-26-18(25)21-16(24)12-7-8-27-17(12)20-15(23)11-4-3-10-5-6-14(22)19-13(10)9-11;1-3-25-18(23)20-16(22)11-6-7-26-15(11)9-13(21)17-19-12-8-10(24-2)4-5-14(12)27-17;1-3-24-17(23)20-15(22)11-6-7-25-16(11)19-14(21)10-4-5-13-12(8-10)18-9(2)26-13/h4-12H,3H2,1-2H3,(H,25,28)(H,23,24,27)(H,26,29,30);6-10H,3-5,11H2,1-2H3,(H,21,24)(H,22,25,26);3-4,7-9H,2,5-6H2,1H3,(H,19,22)(H,20,23)(H,21,24,25);4-8H,3,9H2,1-2H3,(H,20,22,23);4-8H,3H2,1-2H3,(H,19,21)(H,20,22,23). The number of thiophene rings is 5. The Labute approximate surface area is 825 Å². The molecule has 1 aliphatic heterocycles. The van der Waals surface area contributed by atoms with Gasteiger partial charge in [0.1, 0.15) is 37.4 Å². The van der Waals surface area contributed by atoms with Crippen LogP contribution in [0.25, 0.3) is 20.4 Å². The van der Waals surface area contributed by atoms with Gasteiger partial charge in [-0.15, -0.1) is 79.4 Å². The molecule has 46 heteroatoms. The Hall–Kier alpha value is -15.9. The number of fused-ring (bicyclic) bond motifs is 3. The Kier molecular flexibility index (Phi) is 39.8. The number of anilines is 6. The fourth-order valence-corrected chi connectivity index (χ4v) is 17.9. The number of methoxy groups -OCH3 is 1.